The molecular formula is C24H26N8O3. The Hall–Kier alpha value is -4.72. The lowest BCUT2D eigenvalue weighted by Crippen LogP contribution is -2.27. The average Bonchev–Trinajstić information content (AvgIpc) is 3.50. The minimum atomic E-state index is -0.664. The number of allylic oxidation sites excluding steroid dienone is 1. The number of likely N-dealkylation sites (tertiary alicyclic amines) is 1. The van der Waals surface area contributed by atoms with Crippen molar-refractivity contribution in [3.05, 3.63) is 59.6 Å². The van der Waals surface area contributed by atoms with Crippen molar-refractivity contribution in [3.63, 3.8) is 0 Å². The van der Waals surface area contributed by atoms with Gasteiger partial charge in [-0.25, -0.2) is 9.67 Å². The number of carbonyl (C=O) groups is 2. The smallest absolute Gasteiger partial charge is 0.255 e. The Morgan fingerprint density at radius 2 is 2.11 bits per heavy atom. The summed E-state index contributed by atoms with van der Waals surface area (Å²) in [6.07, 6.45) is 3.21. The third-order valence-electron chi connectivity index (χ3n) is 5.86. The second kappa shape index (κ2) is 9.26. The first kappa shape index (κ1) is 23.4. The summed E-state index contributed by atoms with van der Waals surface area (Å²) in [4.78, 5) is 30.6. The maximum Gasteiger partial charge on any atom is 0.255 e. The SMILES string of the molecule is C=CC(=O)N1C[C@@H](n2nc(C#Cc3ccc4c(c3)nc(N)n4C)c(C(N)=O)c2NC)C/C1=C\OC. The molecule has 1 saturated heterocycles. The van der Waals surface area contributed by atoms with Gasteiger partial charge in [-0.15, -0.1) is 0 Å². The number of aromatic nitrogens is 4. The largest absolute Gasteiger partial charge is 0.503 e. The number of nitrogens with one attached hydrogen (secondary N) is 1. The number of primary amides is 1. The van der Waals surface area contributed by atoms with Crippen LogP contribution in [0.3, 0.4) is 0 Å². The fourth-order valence-electron chi connectivity index (χ4n) is 4.18. The zero-order valence-electron chi connectivity index (χ0n) is 19.7. The van der Waals surface area contributed by atoms with Crippen LogP contribution in [0.25, 0.3) is 11.0 Å². The van der Waals surface area contributed by atoms with Crippen LogP contribution in [-0.4, -0.2) is 56.7 Å². The lowest BCUT2D eigenvalue weighted by molar-refractivity contribution is -0.123. The minimum absolute atomic E-state index is 0.175. The minimum Gasteiger partial charge on any atom is -0.503 e. The maximum absolute atomic E-state index is 12.4. The van der Waals surface area contributed by atoms with Crippen molar-refractivity contribution in [2.75, 3.05) is 31.8 Å². The van der Waals surface area contributed by atoms with Gasteiger partial charge in [-0.3, -0.25) is 9.59 Å². The number of aryl methyl sites for hydroxylation is 1. The second-order valence-corrected chi connectivity index (χ2v) is 7.97. The van der Waals surface area contributed by atoms with Crippen molar-refractivity contribution in [2.45, 2.75) is 12.5 Å². The molecule has 0 radical (unpaired) electrons. The van der Waals surface area contributed by atoms with E-state index in [1.54, 1.807) is 21.2 Å². The molecule has 1 aliphatic heterocycles. The molecule has 0 saturated carbocycles. The van der Waals surface area contributed by atoms with E-state index in [4.69, 9.17) is 16.2 Å². The third-order valence-corrected chi connectivity index (χ3v) is 5.86. The monoisotopic (exact) mass is 474 g/mol. The third kappa shape index (κ3) is 4.17. The fourth-order valence-corrected chi connectivity index (χ4v) is 4.18. The molecule has 0 unspecified atom stereocenters. The average molecular weight is 475 g/mol. The second-order valence-electron chi connectivity index (χ2n) is 7.97. The van der Waals surface area contributed by atoms with Gasteiger partial charge in [-0.05, 0) is 30.2 Å². The molecule has 3 aromatic rings. The van der Waals surface area contributed by atoms with Crippen molar-refractivity contribution < 1.29 is 14.3 Å². The quantitative estimate of drug-likeness (QED) is 0.287. The number of hydrogen-bond donors (Lipinski definition) is 3. The molecule has 0 bridgehead atoms. The lowest BCUT2D eigenvalue weighted by atomic mass is 10.1. The zero-order chi connectivity index (χ0) is 25.3. The highest BCUT2D eigenvalue weighted by molar-refractivity contribution is 6.00. The Morgan fingerprint density at radius 3 is 2.77 bits per heavy atom. The predicted molar refractivity (Wildman–Crippen MR) is 132 cm³/mol. The molecule has 0 aliphatic carbocycles. The summed E-state index contributed by atoms with van der Waals surface area (Å²) in [5, 5.41) is 7.61. The summed E-state index contributed by atoms with van der Waals surface area (Å²) in [7, 11) is 5.02. The molecule has 4 rings (SSSR count). The molecular weight excluding hydrogens is 448 g/mol. The summed E-state index contributed by atoms with van der Waals surface area (Å²) < 4.78 is 8.57. The Labute approximate surface area is 202 Å². The van der Waals surface area contributed by atoms with Crippen molar-refractivity contribution in [3.8, 4) is 11.8 Å². The van der Waals surface area contributed by atoms with Crippen molar-refractivity contribution in [1.29, 1.82) is 0 Å². The van der Waals surface area contributed by atoms with Crippen molar-refractivity contribution in [1.82, 2.24) is 24.2 Å². The van der Waals surface area contributed by atoms with Gasteiger partial charge in [0.25, 0.3) is 5.91 Å². The van der Waals surface area contributed by atoms with E-state index in [0.717, 1.165) is 5.52 Å². The number of nitrogen functional groups attached to an aromatic ring is 1. The fraction of sp³-hybridized carbons (Fsp3) is 0.250. The van der Waals surface area contributed by atoms with Crippen LogP contribution in [0, 0.1) is 11.8 Å². The number of ether oxygens (including phenoxy) is 1. The molecule has 11 nitrogen and oxygen atoms in total. The van der Waals surface area contributed by atoms with Crippen LogP contribution in [0.15, 0.2) is 42.8 Å². The summed E-state index contributed by atoms with van der Waals surface area (Å²) in [6, 6.07) is 5.26. The Bertz CT molecular complexity index is 1440. The number of benzene rings is 1. The highest BCUT2D eigenvalue weighted by Crippen LogP contribution is 2.34. The van der Waals surface area contributed by atoms with E-state index in [-0.39, 0.29) is 23.2 Å². The Morgan fingerprint density at radius 1 is 1.34 bits per heavy atom. The number of hydrogen-bond acceptors (Lipinski definition) is 7. The van der Waals surface area contributed by atoms with E-state index in [0.29, 0.717) is 41.5 Å². The number of nitrogens with zero attached hydrogens (tertiary/aromatic N) is 5. The van der Waals surface area contributed by atoms with E-state index < -0.39 is 5.91 Å². The highest BCUT2D eigenvalue weighted by Gasteiger charge is 2.35. The molecule has 2 aromatic heterocycles. The van der Waals surface area contributed by atoms with E-state index in [1.807, 2.05) is 25.2 Å². The van der Waals surface area contributed by atoms with Crippen LogP contribution in [0.2, 0.25) is 0 Å². The topological polar surface area (TPSA) is 146 Å². The molecule has 35 heavy (non-hydrogen) atoms. The first-order valence-electron chi connectivity index (χ1n) is 10.8. The highest BCUT2D eigenvalue weighted by atomic mass is 16.5. The molecule has 1 atom stereocenters. The van der Waals surface area contributed by atoms with E-state index in [2.05, 4.69) is 33.8 Å². The summed E-state index contributed by atoms with van der Waals surface area (Å²) in [5.74, 6) is 5.91. The first-order valence-corrected chi connectivity index (χ1v) is 10.8. The number of methoxy groups -OCH3 is 1. The van der Waals surface area contributed by atoms with Crippen LogP contribution >= 0.6 is 0 Å². The van der Waals surface area contributed by atoms with Crippen LogP contribution < -0.4 is 16.8 Å². The predicted octanol–water partition coefficient (Wildman–Crippen LogP) is 1.34. The Balaban J connectivity index is 1.75. The summed E-state index contributed by atoms with van der Waals surface area (Å²) in [6.45, 7) is 3.88. The van der Waals surface area contributed by atoms with Gasteiger partial charge in [0, 0.05) is 32.6 Å². The van der Waals surface area contributed by atoms with Crippen molar-refractivity contribution >= 4 is 34.6 Å². The molecule has 0 spiro atoms. The number of imidazole rings is 1. The van der Waals surface area contributed by atoms with Gasteiger partial charge in [-0.2, -0.15) is 5.10 Å². The number of amides is 2. The number of carbonyl (C=O) groups excluding carboxylic acids is 2. The number of rotatable bonds is 5. The summed E-state index contributed by atoms with van der Waals surface area (Å²) in [5.41, 5.74) is 14.9. The van der Waals surface area contributed by atoms with Crippen LogP contribution in [0.5, 0.6) is 0 Å². The zero-order valence-corrected chi connectivity index (χ0v) is 19.7. The van der Waals surface area contributed by atoms with Gasteiger partial charge >= 0.3 is 0 Å². The molecule has 1 fully saturated rings. The molecule has 2 amide bonds. The van der Waals surface area contributed by atoms with Gasteiger partial charge in [0.2, 0.25) is 11.9 Å². The van der Waals surface area contributed by atoms with E-state index in [1.165, 1.54) is 19.4 Å². The van der Waals surface area contributed by atoms with Crippen LogP contribution in [0.4, 0.5) is 11.8 Å². The molecule has 11 heteroatoms. The standard InChI is InChI=1S/C24H26N8O3/c1-5-20(33)31-12-15(11-16(31)13-35-4)32-23(27-2)21(22(25)34)17(29-32)8-6-14-7-9-19-18(10-14)28-24(26)30(19)3/h5,7,9-10,13,15,27H,1,11-12H2,2-4H3,(H2,25,34)(H2,26,28)/b16-13+/t15-/m0/s1. The molecule has 1 aliphatic rings. The van der Waals surface area contributed by atoms with Crippen LogP contribution in [0.1, 0.15) is 34.1 Å². The van der Waals surface area contributed by atoms with Gasteiger partial charge in [-0.1, -0.05) is 12.5 Å². The van der Waals surface area contributed by atoms with Gasteiger partial charge < -0.3 is 31.0 Å². The van der Waals surface area contributed by atoms with Crippen molar-refractivity contribution in [2.24, 2.45) is 12.8 Å². The number of fused-ring (bicyclic) bond motifs is 1. The molecule has 3 heterocycles. The summed E-state index contributed by atoms with van der Waals surface area (Å²) >= 11 is 0. The molecule has 180 valence electrons. The lowest BCUT2D eigenvalue weighted by Gasteiger charge is -2.16. The number of anilines is 2. The van der Waals surface area contributed by atoms with E-state index in [9.17, 15) is 9.59 Å². The molecule has 1 aromatic carbocycles. The van der Waals surface area contributed by atoms with E-state index >= 15 is 0 Å². The normalized spacial score (nSPS) is 16.3. The molecule has 5 N–H and O–H groups in total. The number of nitrogens with two attached hydrogens (primary N) is 2. The van der Waals surface area contributed by atoms with Gasteiger partial charge in [0.05, 0.1) is 29.9 Å². The maximum atomic E-state index is 12.4. The first-order chi connectivity index (χ1) is 16.8. The van der Waals surface area contributed by atoms with Gasteiger partial charge in [0.1, 0.15) is 17.6 Å². The Kier molecular flexibility index (Phi) is 6.20. The van der Waals surface area contributed by atoms with Gasteiger partial charge in [0.15, 0.2) is 5.69 Å². The van der Waals surface area contributed by atoms with Crippen LogP contribution in [-0.2, 0) is 16.6 Å².